The lowest BCUT2D eigenvalue weighted by atomic mass is 10.1. The number of likely N-dealkylation sites (tertiary alicyclic amines) is 1. The molecule has 1 aliphatic carbocycles. The quantitative estimate of drug-likeness (QED) is 0.894. The number of amides is 1. The molecule has 1 atom stereocenters. The number of nitrogens with one attached hydrogen (secondary N) is 2. The third-order valence-electron chi connectivity index (χ3n) is 4.38. The van der Waals surface area contributed by atoms with Gasteiger partial charge in [0.15, 0.2) is 0 Å². The van der Waals surface area contributed by atoms with Gasteiger partial charge in [0, 0.05) is 23.3 Å². The molecule has 1 heterocycles. The normalized spacial score (nSPS) is 23.4. The zero-order chi connectivity index (χ0) is 14.7. The molecule has 1 saturated heterocycles. The van der Waals surface area contributed by atoms with Crippen LogP contribution in [-0.4, -0.2) is 43.0 Å². The van der Waals surface area contributed by atoms with Crippen molar-refractivity contribution in [3.63, 3.8) is 0 Å². The third kappa shape index (κ3) is 4.21. The molecule has 21 heavy (non-hydrogen) atoms. The van der Waals surface area contributed by atoms with Crippen LogP contribution in [0.2, 0.25) is 0 Å². The highest BCUT2D eigenvalue weighted by Crippen LogP contribution is 2.20. The van der Waals surface area contributed by atoms with Gasteiger partial charge in [0.1, 0.15) is 0 Å². The van der Waals surface area contributed by atoms with Crippen molar-refractivity contribution in [1.82, 2.24) is 10.2 Å². The van der Waals surface area contributed by atoms with E-state index in [1.54, 1.807) is 0 Å². The number of carbonyl (C=O) groups excluding carboxylic acids is 1. The van der Waals surface area contributed by atoms with E-state index in [0.29, 0.717) is 12.1 Å². The van der Waals surface area contributed by atoms with Gasteiger partial charge in [0.25, 0.3) is 5.91 Å². The van der Waals surface area contributed by atoms with Crippen LogP contribution in [0.5, 0.6) is 0 Å². The van der Waals surface area contributed by atoms with E-state index in [4.69, 9.17) is 0 Å². The molecule has 1 aromatic carbocycles. The fraction of sp³-hybridized carbons (Fsp3) is 0.588. The predicted molar refractivity (Wildman–Crippen MR) is 85.7 cm³/mol. The molecule has 0 bridgehead atoms. The topological polar surface area (TPSA) is 44.4 Å². The van der Waals surface area contributed by atoms with Crippen LogP contribution in [0.15, 0.2) is 24.3 Å². The molecular weight excluding hydrogens is 262 g/mol. The van der Waals surface area contributed by atoms with E-state index >= 15 is 0 Å². The molecule has 1 aliphatic heterocycles. The van der Waals surface area contributed by atoms with Crippen LogP contribution in [0, 0.1) is 0 Å². The highest BCUT2D eigenvalue weighted by Gasteiger charge is 2.23. The van der Waals surface area contributed by atoms with Crippen molar-refractivity contribution in [1.29, 1.82) is 0 Å². The summed E-state index contributed by atoms with van der Waals surface area (Å²) in [6, 6.07) is 8.85. The average Bonchev–Trinajstić information content (AvgIpc) is 3.30. The van der Waals surface area contributed by atoms with Crippen LogP contribution in [-0.2, 0) is 0 Å². The van der Waals surface area contributed by atoms with Gasteiger partial charge in [0.2, 0.25) is 0 Å². The van der Waals surface area contributed by atoms with Crippen LogP contribution < -0.4 is 10.6 Å². The molecule has 2 aliphatic rings. The lowest BCUT2D eigenvalue weighted by molar-refractivity contribution is 0.0951. The number of hydrogen-bond donors (Lipinski definition) is 2. The second-order valence-electron chi connectivity index (χ2n) is 6.40. The molecule has 3 rings (SSSR count). The van der Waals surface area contributed by atoms with Crippen LogP contribution in [0.25, 0.3) is 0 Å². The summed E-state index contributed by atoms with van der Waals surface area (Å²) in [5.74, 6) is 0.0557. The molecule has 4 nitrogen and oxygen atoms in total. The van der Waals surface area contributed by atoms with E-state index in [-0.39, 0.29) is 5.91 Å². The summed E-state index contributed by atoms with van der Waals surface area (Å²) in [4.78, 5) is 14.3. The molecule has 0 spiro atoms. The molecule has 1 unspecified atom stereocenters. The van der Waals surface area contributed by atoms with E-state index < -0.39 is 0 Å². The Morgan fingerprint density at radius 3 is 2.52 bits per heavy atom. The largest absolute Gasteiger partial charge is 0.382 e. The van der Waals surface area contributed by atoms with Crippen LogP contribution >= 0.6 is 0 Å². The Morgan fingerprint density at radius 2 is 1.81 bits per heavy atom. The number of benzene rings is 1. The lowest BCUT2D eigenvalue weighted by Crippen LogP contribution is -2.25. The summed E-state index contributed by atoms with van der Waals surface area (Å²) in [6.07, 6.45) is 5.90. The highest BCUT2D eigenvalue weighted by atomic mass is 16.1. The van der Waals surface area contributed by atoms with E-state index in [1.807, 2.05) is 24.3 Å². The number of anilines is 1. The lowest BCUT2D eigenvalue weighted by Gasteiger charge is -2.18. The van der Waals surface area contributed by atoms with Crippen molar-refractivity contribution >= 4 is 11.6 Å². The van der Waals surface area contributed by atoms with Crippen molar-refractivity contribution < 1.29 is 4.79 Å². The maximum absolute atomic E-state index is 11.9. The van der Waals surface area contributed by atoms with Gasteiger partial charge >= 0.3 is 0 Å². The zero-order valence-electron chi connectivity index (χ0n) is 12.8. The van der Waals surface area contributed by atoms with E-state index in [1.165, 1.54) is 25.8 Å². The van der Waals surface area contributed by atoms with Gasteiger partial charge < -0.3 is 15.5 Å². The van der Waals surface area contributed by atoms with Crippen LogP contribution in [0.1, 0.15) is 42.5 Å². The smallest absolute Gasteiger partial charge is 0.251 e. The first kappa shape index (κ1) is 14.4. The standard InChI is InChI=1S/C17H25N3O/c1-20-11-2-3-14(10-12-20)18-15-6-4-13(5-7-15)17(21)19-16-8-9-16/h4-7,14,16,18H,2-3,8-12H2,1H3,(H,19,21). The van der Waals surface area contributed by atoms with Crippen LogP contribution in [0.3, 0.4) is 0 Å². The molecule has 4 heteroatoms. The van der Waals surface area contributed by atoms with Crippen molar-refractivity contribution in [2.45, 2.75) is 44.2 Å². The minimum Gasteiger partial charge on any atom is -0.382 e. The summed E-state index contributed by atoms with van der Waals surface area (Å²) in [6.45, 7) is 2.35. The summed E-state index contributed by atoms with van der Waals surface area (Å²) < 4.78 is 0. The van der Waals surface area contributed by atoms with Gasteiger partial charge in [-0.1, -0.05) is 0 Å². The third-order valence-corrected chi connectivity index (χ3v) is 4.38. The Balaban J connectivity index is 1.54. The van der Waals surface area contributed by atoms with Gasteiger partial charge in [-0.05, 0) is 76.5 Å². The summed E-state index contributed by atoms with van der Waals surface area (Å²) in [7, 11) is 2.19. The van der Waals surface area contributed by atoms with E-state index in [9.17, 15) is 4.79 Å². The van der Waals surface area contributed by atoms with E-state index in [2.05, 4.69) is 22.6 Å². The molecule has 114 valence electrons. The van der Waals surface area contributed by atoms with E-state index in [0.717, 1.165) is 30.6 Å². The Bertz CT molecular complexity index is 481. The van der Waals surface area contributed by atoms with Crippen LogP contribution in [0.4, 0.5) is 5.69 Å². The van der Waals surface area contributed by atoms with Gasteiger partial charge in [-0.25, -0.2) is 0 Å². The highest BCUT2D eigenvalue weighted by molar-refractivity contribution is 5.94. The fourth-order valence-corrected chi connectivity index (χ4v) is 2.83. The molecule has 2 N–H and O–H groups in total. The SMILES string of the molecule is CN1CCCC(Nc2ccc(C(=O)NC3CC3)cc2)CC1. The molecule has 1 saturated carbocycles. The van der Waals surface area contributed by atoms with Crippen molar-refractivity contribution in [2.75, 3.05) is 25.5 Å². The van der Waals surface area contributed by atoms with Crippen molar-refractivity contribution in [3.05, 3.63) is 29.8 Å². The van der Waals surface area contributed by atoms with Crippen molar-refractivity contribution in [3.8, 4) is 0 Å². The number of carbonyl (C=O) groups is 1. The maximum Gasteiger partial charge on any atom is 0.251 e. The molecule has 1 aromatic rings. The maximum atomic E-state index is 11.9. The molecule has 0 radical (unpaired) electrons. The number of nitrogens with zero attached hydrogens (tertiary/aromatic N) is 1. The fourth-order valence-electron chi connectivity index (χ4n) is 2.83. The summed E-state index contributed by atoms with van der Waals surface area (Å²) in [5, 5.41) is 6.62. The minimum atomic E-state index is 0.0557. The molecule has 2 fully saturated rings. The predicted octanol–water partition coefficient (Wildman–Crippen LogP) is 2.48. The Kier molecular flexibility index (Phi) is 4.44. The first-order chi connectivity index (χ1) is 10.2. The second-order valence-corrected chi connectivity index (χ2v) is 6.40. The Hall–Kier alpha value is -1.55. The average molecular weight is 287 g/mol. The van der Waals surface area contributed by atoms with Crippen molar-refractivity contribution in [2.24, 2.45) is 0 Å². The first-order valence-electron chi connectivity index (χ1n) is 8.07. The minimum absolute atomic E-state index is 0.0557. The second kappa shape index (κ2) is 6.48. The Labute approximate surface area is 126 Å². The zero-order valence-corrected chi connectivity index (χ0v) is 12.8. The summed E-state index contributed by atoms with van der Waals surface area (Å²) >= 11 is 0. The number of hydrogen-bond acceptors (Lipinski definition) is 3. The van der Waals surface area contributed by atoms with Gasteiger partial charge in [0.05, 0.1) is 0 Å². The Morgan fingerprint density at radius 1 is 1.05 bits per heavy atom. The number of rotatable bonds is 4. The van der Waals surface area contributed by atoms with Gasteiger partial charge in [-0.3, -0.25) is 4.79 Å². The molecular formula is C17H25N3O. The molecule has 1 amide bonds. The summed E-state index contributed by atoms with van der Waals surface area (Å²) in [5.41, 5.74) is 1.88. The molecule has 0 aromatic heterocycles. The van der Waals surface area contributed by atoms with Gasteiger partial charge in [-0.2, -0.15) is 0 Å². The monoisotopic (exact) mass is 287 g/mol. The van der Waals surface area contributed by atoms with Gasteiger partial charge in [-0.15, -0.1) is 0 Å². The first-order valence-corrected chi connectivity index (χ1v) is 8.07.